The van der Waals surface area contributed by atoms with E-state index in [1.165, 1.54) is 6.08 Å². The molecule has 0 aromatic rings. The summed E-state index contributed by atoms with van der Waals surface area (Å²) < 4.78 is 32.9. The van der Waals surface area contributed by atoms with Gasteiger partial charge in [-0.3, -0.25) is 4.79 Å². The standard InChI is InChI=1S/C24H32BFO4/c1-15-18-13-16(10-9-11-19(15)26)12-17(14-20(18)28-21(27)22(2,3)4)25-29-23(5,6)24(7,8)30-25/h9,11-12,14H,10,13H2,1-8H3/b11-9-,19-15+. The van der Waals surface area contributed by atoms with Crippen molar-refractivity contribution in [2.45, 2.75) is 79.4 Å². The lowest BCUT2D eigenvalue weighted by molar-refractivity contribution is -0.148. The van der Waals surface area contributed by atoms with E-state index in [0.29, 0.717) is 29.7 Å². The van der Waals surface area contributed by atoms with Gasteiger partial charge < -0.3 is 14.0 Å². The first-order valence-electron chi connectivity index (χ1n) is 10.5. The molecule has 0 radical (unpaired) electrons. The molecule has 162 valence electrons. The molecule has 0 saturated carbocycles. The van der Waals surface area contributed by atoms with Crippen molar-refractivity contribution >= 4 is 13.1 Å². The zero-order valence-corrected chi connectivity index (χ0v) is 19.3. The Morgan fingerprint density at radius 3 is 2.30 bits per heavy atom. The van der Waals surface area contributed by atoms with Crippen LogP contribution in [-0.4, -0.2) is 24.3 Å². The summed E-state index contributed by atoms with van der Waals surface area (Å²) >= 11 is 0. The highest BCUT2D eigenvalue weighted by atomic mass is 19.1. The Labute approximate surface area is 179 Å². The predicted octanol–water partition coefficient (Wildman–Crippen LogP) is 5.92. The largest absolute Gasteiger partial charge is 0.494 e. The minimum absolute atomic E-state index is 0.319. The van der Waals surface area contributed by atoms with Gasteiger partial charge in [-0.25, -0.2) is 4.39 Å². The van der Waals surface area contributed by atoms with Crippen molar-refractivity contribution in [3.05, 3.63) is 58.1 Å². The molecular weight excluding hydrogens is 382 g/mol. The lowest BCUT2D eigenvalue weighted by Gasteiger charge is -2.32. The second-order valence-electron chi connectivity index (χ2n) is 10.3. The Bertz CT molecular complexity index is 894. The Hall–Kier alpha value is -1.92. The van der Waals surface area contributed by atoms with Crippen LogP contribution in [0.3, 0.4) is 0 Å². The fourth-order valence-corrected chi connectivity index (χ4v) is 3.37. The molecule has 0 N–H and O–H groups in total. The van der Waals surface area contributed by atoms with Crippen molar-refractivity contribution in [2.24, 2.45) is 5.41 Å². The third kappa shape index (κ3) is 4.40. The number of allylic oxidation sites excluding steroid dienone is 9. The molecule has 0 amide bonds. The zero-order valence-electron chi connectivity index (χ0n) is 19.3. The third-order valence-electron chi connectivity index (χ3n) is 6.17. The van der Waals surface area contributed by atoms with Crippen molar-refractivity contribution in [1.29, 1.82) is 0 Å². The normalized spacial score (nSPS) is 27.0. The van der Waals surface area contributed by atoms with Gasteiger partial charge in [0, 0.05) is 5.57 Å². The highest BCUT2D eigenvalue weighted by molar-refractivity contribution is 6.55. The average Bonchev–Trinajstić information content (AvgIpc) is 2.74. The first-order chi connectivity index (χ1) is 13.7. The molecule has 6 heteroatoms. The maximum absolute atomic E-state index is 14.6. The molecule has 1 heterocycles. The summed E-state index contributed by atoms with van der Waals surface area (Å²) in [4.78, 5) is 12.7. The Morgan fingerprint density at radius 1 is 1.13 bits per heavy atom. The molecule has 2 aliphatic carbocycles. The van der Waals surface area contributed by atoms with Gasteiger partial charge in [0.15, 0.2) is 0 Å². The van der Waals surface area contributed by atoms with Gasteiger partial charge >= 0.3 is 13.1 Å². The summed E-state index contributed by atoms with van der Waals surface area (Å²) in [5.74, 6) is -0.335. The second kappa shape index (κ2) is 7.65. The topological polar surface area (TPSA) is 44.8 Å². The Balaban J connectivity index is 2.13. The lowest BCUT2D eigenvalue weighted by atomic mass is 9.76. The fraction of sp³-hybridized carbons (Fsp3) is 0.542. The number of hydrogen-bond donors (Lipinski definition) is 0. The lowest BCUT2D eigenvalue weighted by Crippen LogP contribution is -2.41. The molecule has 1 fully saturated rings. The molecule has 1 aliphatic heterocycles. The quantitative estimate of drug-likeness (QED) is 0.416. The molecule has 4 nitrogen and oxygen atoms in total. The summed E-state index contributed by atoms with van der Waals surface area (Å²) in [5, 5.41) is 0. The number of fused-ring (bicyclic) bond motifs is 2. The number of ether oxygens (including phenoxy) is 1. The van der Waals surface area contributed by atoms with E-state index in [0.717, 1.165) is 11.0 Å². The number of esters is 1. The van der Waals surface area contributed by atoms with E-state index >= 15 is 0 Å². The first-order valence-corrected chi connectivity index (χ1v) is 10.5. The molecule has 0 atom stereocenters. The number of carbonyl (C=O) groups excluding carboxylic acids is 1. The smallest absolute Gasteiger partial charge is 0.426 e. The van der Waals surface area contributed by atoms with Crippen LogP contribution in [0.4, 0.5) is 4.39 Å². The maximum atomic E-state index is 14.6. The maximum Gasteiger partial charge on any atom is 0.494 e. The van der Waals surface area contributed by atoms with Crippen LogP contribution in [0.1, 0.15) is 68.2 Å². The molecular formula is C24H32BFO4. The fourth-order valence-electron chi connectivity index (χ4n) is 3.37. The highest BCUT2D eigenvalue weighted by Gasteiger charge is 2.52. The second-order valence-corrected chi connectivity index (χ2v) is 10.3. The van der Waals surface area contributed by atoms with Gasteiger partial charge in [-0.15, -0.1) is 0 Å². The molecule has 30 heavy (non-hydrogen) atoms. The molecule has 0 aromatic carbocycles. The minimum Gasteiger partial charge on any atom is -0.426 e. The van der Waals surface area contributed by atoms with E-state index < -0.39 is 23.7 Å². The SMILES string of the molecule is C/C1=C(F)/C=C\CC2=CC(B3OC(C)(C)C(C)(C)O3)=CC(OC(=O)C(C)(C)C)=C1C2. The van der Waals surface area contributed by atoms with E-state index in [2.05, 4.69) is 0 Å². The number of halogens is 1. The third-order valence-corrected chi connectivity index (χ3v) is 6.17. The zero-order chi connectivity index (χ0) is 22.5. The summed E-state index contributed by atoms with van der Waals surface area (Å²) in [6.07, 6.45) is 8.19. The number of carbonyl (C=O) groups is 1. The summed E-state index contributed by atoms with van der Waals surface area (Å²) in [7, 11) is -0.605. The average molecular weight is 414 g/mol. The van der Waals surface area contributed by atoms with Gasteiger partial charge in [-0.1, -0.05) is 17.7 Å². The van der Waals surface area contributed by atoms with E-state index in [1.54, 1.807) is 33.8 Å². The van der Waals surface area contributed by atoms with Crippen LogP contribution in [0.2, 0.25) is 0 Å². The Kier molecular flexibility index (Phi) is 5.80. The summed E-state index contributed by atoms with van der Waals surface area (Å²) in [6, 6.07) is 0. The van der Waals surface area contributed by atoms with Crippen LogP contribution in [0.5, 0.6) is 0 Å². The van der Waals surface area contributed by atoms with Gasteiger partial charge in [0.2, 0.25) is 0 Å². The van der Waals surface area contributed by atoms with Crippen LogP contribution in [0.25, 0.3) is 0 Å². The van der Waals surface area contributed by atoms with Crippen molar-refractivity contribution in [3.8, 4) is 0 Å². The van der Waals surface area contributed by atoms with Crippen molar-refractivity contribution in [2.75, 3.05) is 0 Å². The molecule has 3 aliphatic rings. The predicted molar refractivity (Wildman–Crippen MR) is 117 cm³/mol. The number of hydrogen-bond acceptors (Lipinski definition) is 4. The highest BCUT2D eigenvalue weighted by Crippen LogP contribution is 2.41. The first kappa shape index (κ1) is 22.8. The molecule has 2 bridgehead atoms. The summed E-state index contributed by atoms with van der Waals surface area (Å²) in [5.41, 5.74) is 1.31. The molecule has 0 aromatic heterocycles. The molecule has 3 rings (SSSR count). The van der Waals surface area contributed by atoms with E-state index in [4.69, 9.17) is 14.0 Å². The number of rotatable bonds is 2. The van der Waals surface area contributed by atoms with E-state index in [1.807, 2.05) is 39.8 Å². The van der Waals surface area contributed by atoms with Crippen LogP contribution in [0, 0.1) is 5.41 Å². The van der Waals surface area contributed by atoms with Crippen LogP contribution < -0.4 is 0 Å². The van der Waals surface area contributed by atoms with Gasteiger partial charge in [-0.05, 0) is 91.4 Å². The van der Waals surface area contributed by atoms with Gasteiger partial charge in [0.25, 0.3) is 0 Å². The van der Waals surface area contributed by atoms with Gasteiger partial charge in [0.05, 0.1) is 16.6 Å². The van der Waals surface area contributed by atoms with E-state index in [-0.39, 0.29) is 11.8 Å². The monoisotopic (exact) mass is 414 g/mol. The van der Waals surface area contributed by atoms with Crippen LogP contribution in [0.15, 0.2) is 58.1 Å². The van der Waals surface area contributed by atoms with Gasteiger partial charge in [0.1, 0.15) is 11.6 Å². The molecule has 0 spiro atoms. The van der Waals surface area contributed by atoms with Crippen LogP contribution >= 0.6 is 0 Å². The van der Waals surface area contributed by atoms with E-state index in [9.17, 15) is 9.18 Å². The van der Waals surface area contributed by atoms with Crippen molar-refractivity contribution in [3.63, 3.8) is 0 Å². The van der Waals surface area contributed by atoms with Crippen LogP contribution in [-0.2, 0) is 18.8 Å². The Morgan fingerprint density at radius 2 is 1.73 bits per heavy atom. The van der Waals surface area contributed by atoms with Crippen molar-refractivity contribution < 1.29 is 23.2 Å². The summed E-state index contributed by atoms with van der Waals surface area (Å²) in [6.45, 7) is 15.1. The minimum atomic E-state index is -0.688. The molecule has 1 saturated heterocycles. The molecule has 0 unspecified atom stereocenters. The van der Waals surface area contributed by atoms with Crippen molar-refractivity contribution in [1.82, 2.24) is 0 Å². The van der Waals surface area contributed by atoms with Gasteiger partial charge in [-0.2, -0.15) is 0 Å².